The lowest BCUT2D eigenvalue weighted by atomic mass is 10.3. The highest BCUT2D eigenvalue weighted by Crippen LogP contribution is 2.17. The normalized spacial score (nSPS) is 11.2. The van der Waals surface area contributed by atoms with E-state index < -0.39 is 16.0 Å². The van der Waals surface area contributed by atoms with Crippen LogP contribution < -0.4 is 9.66 Å². The first-order valence-corrected chi connectivity index (χ1v) is 6.26. The standard InChI is InChI=1S/C8H13N3O5S/c1-4-17(13,14)16-8-6(5-11(2)9-8)7(12)10-15-3/h5H,4H2,1-3H3,(H,10,12). The van der Waals surface area contributed by atoms with Crippen molar-refractivity contribution < 1.29 is 22.2 Å². The van der Waals surface area contributed by atoms with Gasteiger partial charge in [0.2, 0.25) is 0 Å². The number of hydroxylamine groups is 1. The number of amides is 1. The first kappa shape index (κ1) is 13.5. The van der Waals surface area contributed by atoms with E-state index in [1.54, 1.807) is 0 Å². The molecule has 1 rings (SSSR count). The smallest absolute Gasteiger partial charge is 0.310 e. The fourth-order valence-electron chi connectivity index (χ4n) is 1.01. The summed E-state index contributed by atoms with van der Waals surface area (Å²) in [5, 5.41) is 3.75. The summed E-state index contributed by atoms with van der Waals surface area (Å²) in [4.78, 5) is 15.9. The number of hydrogen-bond donors (Lipinski definition) is 1. The minimum atomic E-state index is -3.73. The molecular weight excluding hydrogens is 250 g/mol. The first-order valence-electron chi connectivity index (χ1n) is 4.68. The van der Waals surface area contributed by atoms with Gasteiger partial charge < -0.3 is 4.18 Å². The van der Waals surface area contributed by atoms with Crippen molar-refractivity contribution in [1.82, 2.24) is 15.3 Å². The van der Waals surface area contributed by atoms with Crippen LogP contribution in [0.1, 0.15) is 17.3 Å². The zero-order valence-electron chi connectivity index (χ0n) is 9.63. The lowest BCUT2D eigenvalue weighted by Crippen LogP contribution is -2.23. The van der Waals surface area contributed by atoms with Gasteiger partial charge in [-0.2, -0.15) is 8.42 Å². The third-order valence-electron chi connectivity index (χ3n) is 1.79. The molecule has 0 spiro atoms. The van der Waals surface area contributed by atoms with Gasteiger partial charge in [-0.1, -0.05) is 0 Å². The van der Waals surface area contributed by atoms with E-state index in [1.165, 1.54) is 32.0 Å². The lowest BCUT2D eigenvalue weighted by Gasteiger charge is -2.03. The van der Waals surface area contributed by atoms with Gasteiger partial charge in [0, 0.05) is 13.2 Å². The van der Waals surface area contributed by atoms with E-state index in [1.807, 2.05) is 0 Å². The van der Waals surface area contributed by atoms with Crippen LogP contribution in [0.3, 0.4) is 0 Å². The van der Waals surface area contributed by atoms with Crippen LogP contribution in [0, 0.1) is 0 Å². The minimum Gasteiger partial charge on any atom is -0.359 e. The van der Waals surface area contributed by atoms with Crippen LogP contribution in [0.5, 0.6) is 5.88 Å². The molecule has 0 aliphatic heterocycles. The average molecular weight is 263 g/mol. The monoisotopic (exact) mass is 263 g/mol. The molecule has 9 heteroatoms. The predicted octanol–water partition coefficient (Wildman–Crippen LogP) is -0.560. The molecule has 96 valence electrons. The van der Waals surface area contributed by atoms with Crippen molar-refractivity contribution in [3.05, 3.63) is 11.8 Å². The Morgan fingerprint density at radius 2 is 2.24 bits per heavy atom. The molecule has 8 nitrogen and oxygen atoms in total. The van der Waals surface area contributed by atoms with Crippen LogP contribution in [0.2, 0.25) is 0 Å². The lowest BCUT2D eigenvalue weighted by molar-refractivity contribution is 0.0536. The number of aromatic nitrogens is 2. The van der Waals surface area contributed by atoms with Crippen LogP contribution in [-0.2, 0) is 22.0 Å². The molecule has 0 bridgehead atoms. The number of carbonyl (C=O) groups is 1. The summed E-state index contributed by atoms with van der Waals surface area (Å²) in [5.74, 6) is -1.12. The fraction of sp³-hybridized carbons (Fsp3) is 0.500. The van der Waals surface area contributed by atoms with Crippen LogP contribution in [0.15, 0.2) is 6.20 Å². The summed E-state index contributed by atoms with van der Waals surface area (Å²) >= 11 is 0. The molecule has 17 heavy (non-hydrogen) atoms. The predicted molar refractivity (Wildman–Crippen MR) is 57.8 cm³/mol. The van der Waals surface area contributed by atoms with Crippen LogP contribution >= 0.6 is 0 Å². The van der Waals surface area contributed by atoms with E-state index in [-0.39, 0.29) is 17.2 Å². The van der Waals surface area contributed by atoms with Crippen LogP contribution in [0.25, 0.3) is 0 Å². The molecule has 1 aromatic heterocycles. The second-order valence-corrected chi connectivity index (χ2v) is 4.95. The Labute approximate surface area is 98.6 Å². The fourth-order valence-corrected chi connectivity index (χ4v) is 1.49. The molecule has 1 amide bonds. The van der Waals surface area contributed by atoms with Gasteiger partial charge >= 0.3 is 10.1 Å². The quantitative estimate of drug-likeness (QED) is 0.564. The summed E-state index contributed by atoms with van der Waals surface area (Å²) in [6.07, 6.45) is 1.33. The zero-order valence-corrected chi connectivity index (χ0v) is 10.4. The molecule has 1 heterocycles. The third kappa shape index (κ3) is 3.43. The topological polar surface area (TPSA) is 99.5 Å². The largest absolute Gasteiger partial charge is 0.359 e. The molecule has 0 aliphatic rings. The van der Waals surface area contributed by atoms with E-state index in [0.717, 1.165) is 0 Å². The number of hydrogen-bond acceptors (Lipinski definition) is 6. The van der Waals surface area contributed by atoms with Gasteiger partial charge in [-0.25, -0.2) is 5.48 Å². The van der Waals surface area contributed by atoms with E-state index in [2.05, 4.69) is 15.4 Å². The van der Waals surface area contributed by atoms with Crippen molar-refractivity contribution in [3.63, 3.8) is 0 Å². The van der Waals surface area contributed by atoms with Crippen LogP contribution in [0.4, 0.5) is 0 Å². The number of rotatable bonds is 5. The summed E-state index contributed by atoms with van der Waals surface area (Å²) in [7, 11) is -0.929. The molecule has 1 aromatic rings. The summed E-state index contributed by atoms with van der Waals surface area (Å²) in [6, 6.07) is 0. The number of nitrogens with one attached hydrogen (secondary N) is 1. The Morgan fingerprint density at radius 1 is 1.59 bits per heavy atom. The summed E-state index contributed by atoms with van der Waals surface area (Å²) < 4.78 is 28.5. The van der Waals surface area contributed by atoms with Gasteiger partial charge in [0.05, 0.1) is 12.9 Å². The van der Waals surface area contributed by atoms with Gasteiger partial charge in [0.25, 0.3) is 11.8 Å². The van der Waals surface area contributed by atoms with Gasteiger partial charge in [0.15, 0.2) is 0 Å². The highest BCUT2D eigenvalue weighted by molar-refractivity contribution is 7.87. The molecule has 0 aromatic carbocycles. The highest BCUT2D eigenvalue weighted by atomic mass is 32.2. The summed E-state index contributed by atoms with van der Waals surface area (Å²) in [6.45, 7) is 1.42. The first-order chi connectivity index (χ1) is 7.89. The molecule has 0 aliphatic carbocycles. The SMILES string of the molecule is CCS(=O)(=O)Oc1nn(C)cc1C(=O)NOC. The molecular formula is C8H13N3O5S. The van der Waals surface area contributed by atoms with Gasteiger partial charge in [0.1, 0.15) is 5.56 Å². The maximum atomic E-state index is 11.5. The second-order valence-electron chi connectivity index (χ2n) is 3.09. The van der Waals surface area contributed by atoms with Gasteiger partial charge in [-0.15, -0.1) is 5.10 Å². The van der Waals surface area contributed by atoms with Gasteiger partial charge in [-0.05, 0) is 6.92 Å². The maximum absolute atomic E-state index is 11.5. The van der Waals surface area contributed by atoms with Crippen molar-refractivity contribution in [3.8, 4) is 5.88 Å². The zero-order chi connectivity index (χ0) is 13.1. The molecule has 0 atom stereocenters. The number of carbonyl (C=O) groups excluding carboxylic acids is 1. The summed E-state index contributed by atoms with van der Waals surface area (Å²) in [5.41, 5.74) is 2.03. The van der Waals surface area contributed by atoms with Gasteiger partial charge in [-0.3, -0.25) is 14.3 Å². The molecule has 0 fully saturated rings. The molecule has 0 saturated carbocycles. The maximum Gasteiger partial charge on any atom is 0.310 e. The molecule has 1 N–H and O–H groups in total. The van der Waals surface area contributed by atoms with E-state index in [9.17, 15) is 13.2 Å². The van der Waals surface area contributed by atoms with Crippen molar-refractivity contribution in [2.45, 2.75) is 6.92 Å². The van der Waals surface area contributed by atoms with Crippen molar-refractivity contribution in [1.29, 1.82) is 0 Å². The van der Waals surface area contributed by atoms with Crippen molar-refractivity contribution in [2.24, 2.45) is 7.05 Å². The minimum absolute atomic E-state index is 0.0219. The van der Waals surface area contributed by atoms with Crippen molar-refractivity contribution in [2.75, 3.05) is 12.9 Å². The Morgan fingerprint density at radius 3 is 2.76 bits per heavy atom. The Kier molecular flexibility index (Phi) is 4.07. The van der Waals surface area contributed by atoms with Crippen LogP contribution in [-0.4, -0.2) is 37.0 Å². The Hall–Kier alpha value is -1.61. The van der Waals surface area contributed by atoms with Crippen molar-refractivity contribution >= 4 is 16.0 Å². The van der Waals surface area contributed by atoms with E-state index in [0.29, 0.717) is 0 Å². The molecule has 0 unspecified atom stereocenters. The third-order valence-corrected chi connectivity index (χ3v) is 2.91. The number of aryl methyl sites for hydroxylation is 1. The Bertz CT molecular complexity index is 507. The Balaban J connectivity index is 3.04. The van der Waals surface area contributed by atoms with E-state index in [4.69, 9.17) is 4.18 Å². The molecule has 0 radical (unpaired) electrons. The van der Waals surface area contributed by atoms with E-state index >= 15 is 0 Å². The highest BCUT2D eigenvalue weighted by Gasteiger charge is 2.21. The molecule has 0 saturated heterocycles. The second kappa shape index (κ2) is 5.15. The number of nitrogens with zero attached hydrogens (tertiary/aromatic N) is 2. The average Bonchev–Trinajstić information content (AvgIpc) is 2.59.